The number of aromatic nitrogens is 2. The van der Waals surface area contributed by atoms with Crippen molar-refractivity contribution >= 4 is 5.91 Å². The van der Waals surface area contributed by atoms with Gasteiger partial charge in [-0.2, -0.15) is 0 Å². The van der Waals surface area contributed by atoms with Gasteiger partial charge in [-0.15, -0.1) is 0 Å². The predicted molar refractivity (Wildman–Crippen MR) is 103 cm³/mol. The molecule has 0 unspecified atom stereocenters. The number of methoxy groups -OCH3 is 1. The van der Waals surface area contributed by atoms with Crippen molar-refractivity contribution in [3.05, 3.63) is 35.3 Å². The quantitative estimate of drug-likeness (QED) is 0.811. The van der Waals surface area contributed by atoms with Gasteiger partial charge in [0, 0.05) is 30.5 Å². The summed E-state index contributed by atoms with van der Waals surface area (Å²) >= 11 is 0. The lowest BCUT2D eigenvalue weighted by molar-refractivity contribution is -0.141. The number of ether oxygens (including phenoxy) is 3. The Morgan fingerprint density at radius 3 is 2.89 bits per heavy atom. The Morgan fingerprint density at radius 2 is 2.14 bits per heavy atom. The molecule has 0 aliphatic carbocycles. The molecular formula is C21H25N3O4. The smallest absolute Gasteiger partial charge is 0.252 e. The Hall–Kier alpha value is -2.67. The maximum absolute atomic E-state index is 12.9. The molecule has 1 saturated heterocycles. The molecule has 7 heteroatoms. The van der Waals surface area contributed by atoms with Crippen LogP contribution in [0.3, 0.4) is 0 Å². The van der Waals surface area contributed by atoms with Crippen LogP contribution in [0.1, 0.15) is 29.8 Å². The molecule has 0 saturated carbocycles. The van der Waals surface area contributed by atoms with E-state index in [2.05, 4.69) is 9.97 Å². The van der Waals surface area contributed by atoms with E-state index in [9.17, 15) is 4.79 Å². The van der Waals surface area contributed by atoms with E-state index in [1.54, 1.807) is 13.3 Å². The predicted octanol–water partition coefficient (Wildman–Crippen LogP) is 2.67. The van der Waals surface area contributed by atoms with E-state index in [-0.39, 0.29) is 12.0 Å². The molecule has 2 aromatic rings. The van der Waals surface area contributed by atoms with Crippen LogP contribution >= 0.6 is 0 Å². The number of benzene rings is 1. The van der Waals surface area contributed by atoms with E-state index in [0.29, 0.717) is 37.8 Å². The van der Waals surface area contributed by atoms with Crippen molar-refractivity contribution in [3.8, 4) is 22.8 Å². The molecule has 1 amide bonds. The third-order valence-electron chi connectivity index (χ3n) is 5.19. The van der Waals surface area contributed by atoms with Crippen LogP contribution in [-0.2, 0) is 16.1 Å². The van der Waals surface area contributed by atoms with Crippen LogP contribution in [-0.4, -0.2) is 53.7 Å². The zero-order chi connectivity index (χ0) is 19.7. The first-order valence-corrected chi connectivity index (χ1v) is 9.61. The number of fused-ring (bicyclic) bond motifs is 1. The summed E-state index contributed by atoms with van der Waals surface area (Å²) in [6.07, 6.45) is 3.13. The first-order chi connectivity index (χ1) is 13.6. The van der Waals surface area contributed by atoms with Crippen molar-refractivity contribution in [1.29, 1.82) is 0 Å². The highest BCUT2D eigenvalue weighted by Crippen LogP contribution is 2.38. The van der Waals surface area contributed by atoms with Gasteiger partial charge in [0.05, 0.1) is 30.7 Å². The van der Waals surface area contributed by atoms with E-state index in [0.717, 1.165) is 41.1 Å². The Kier molecular flexibility index (Phi) is 5.17. The van der Waals surface area contributed by atoms with E-state index < -0.39 is 0 Å². The van der Waals surface area contributed by atoms with Crippen LogP contribution in [0, 0.1) is 13.8 Å². The van der Waals surface area contributed by atoms with Crippen molar-refractivity contribution in [2.45, 2.75) is 39.3 Å². The molecule has 3 heterocycles. The van der Waals surface area contributed by atoms with Gasteiger partial charge in [-0.1, -0.05) is 0 Å². The first kappa shape index (κ1) is 18.7. The zero-order valence-corrected chi connectivity index (χ0v) is 16.5. The molecule has 2 aliphatic heterocycles. The SMILES string of the molecule is COc1cc(-c2nc(C)cnc2C)cc2c1OCCN(C(=O)[C@H]1CCCO1)C2. The van der Waals surface area contributed by atoms with Gasteiger partial charge in [0.15, 0.2) is 11.5 Å². The summed E-state index contributed by atoms with van der Waals surface area (Å²) < 4.78 is 17.1. The van der Waals surface area contributed by atoms with Gasteiger partial charge in [0.2, 0.25) is 0 Å². The Labute approximate surface area is 164 Å². The molecule has 1 aromatic heterocycles. The molecule has 1 atom stereocenters. The second-order valence-corrected chi connectivity index (χ2v) is 7.22. The summed E-state index contributed by atoms with van der Waals surface area (Å²) in [5.74, 6) is 1.36. The molecule has 1 fully saturated rings. The maximum Gasteiger partial charge on any atom is 0.252 e. The second kappa shape index (κ2) is 7.75. The van der Waals surface area contributed by atoms with Crippen LogP contribution in [0.15, 0.2) is 18.3 Å². The summed E-state index contributed by atoms with van der Waals surface area (Å²) in [7, 11) is 1.62. The molecule has 7 nitrogen and oxygen atoms in total. The fourth-order valence-corrected chi connectivity index (χ4v) is 3.75. The lowest BCUT2D eigenvalue weighted by Gasteiger charge is -2.23. The third kappa shape index (κ3) is 3.54. The minimum atomic E-state index is -0.337. The summed E-state index contributed by atoms with van der Waals surface area (Å²) in [5.41, 5.74) is 4.30. The highest BCUT2D eigenvalue weighted by molar-refractivity contribution is 5.81. The van der Waals surface area contributed by atoms with Gasteiger partial charge in [-0.05, 0) is 38.8 Å². The van der Waals surface area contributed by atoms with E-state index in [4.69, 9.17) is 14.2 Å². The fourth-order valence-electron chi connectivity index (χ4n) is 3.75. The Morgan fingerprint density at radius 1 is 1.29 bits per heavy atom. The number of hydrogen-bond donors (Lipinski definition) is 0. The van der Waals surface area contributed by atoms with Crippen molar-refractivity contribution in [3.63, 3.8) is 0 Å². The van der Waals surface area contributed by atoms with Gasteiger partial charge < -0.3 is 19.1 Å². The summed E-state index contributed by atoms with van der Waals surface area (Å²) in [6, 6.07) is 3.95. The van der Waals surface area contributed by atoms with Gasteiger partial charge in [-0.3, -0.25) is 9.78 Å². The lowest BCUT2D eigenvalue weighted by Crippen LogP contribution is -2.39. The van der Waals surface area contributed by atoms with Crippen LogP contribution in [0.4, 0.5) is 0 Å². The van der Waals surface area contributed by atoms with Gasteiger partial charge in [-0.25, -0.2) is 4.98 Å². The van der Waals surface area contributed by atoms with Crippen molar-refractivity contribution in [2.24, 2.45) is 0 Å². The fraction of sp³-hybridized carbons (Fsp3) is 0.476. The highest BCUT2D eigenvalue weighted by Gasteiger charge is 2.31. The molecule has 0 bridgehead atoms. The standard InChI is InChI=1S/C21H25N3O4/c1-13-11-22-14(2)19(23-13)15-9-16-12-24(21(25)17-5-4-7-27-17)6-8-28-20(16)18(10-15)26-3/h9-11,17H,4-8,12H2,1-3H3/t17-/m1/s1. The summed E-state index contributed by atoms with van der Waals surface area (Å²) in [5, 5.41) is 0. The van der Waals surface area contributed by atoms with Crippen molar-refractivity contribution in [2.75, 3.05) is 26.9 Å². The molecule has 4 rings (SSSR count). The van der Waals surface area contributed by atoms with Crippen LogP contribution in [0.5, 0.6) is 11.5 Å². The van der Waals surface area contributed by atoms with Crippen LogP contribution < -0.4 is 9.47 Å². The lowest BCUT2D eigenvalue weighted by atomic mass is 10.0. The van der Waals surface area contributed by atoms with Gasteiger partial charge in [0.25, 0.3) is 5.91 Å². The zero-order valence-electron chi connectivity index (χ0n) is 16.5. The number of amides is 1. The molecule has 2 aliphatic rings. The van der Waals surface area contributed by atoms with Gasteiger partial charge >= 0.3 is 0 Å². The minimum absolute atomic E-state index is 0.0323. The molecule has 0 radical (unpaired) electrons. The molecule has 0 spiro atoms. The number of hydrogen-bond acceptors (Lipinski definition) is 6. The normalized spacial score (nSPS) is 19.0. The van der Waals surface area contributed by atoms with Gasteiger partial charge in [0.1, 0.15) is 12.7 Å². The van der Waals surface area contributed by atoms with Crippen molar-refractivity contribution in [1.82, 2.24) is 14.9 Å². The van der Waals surface area contributed by atoms with E-state index in [1.807, 2.05) is 30.9 Å². The molecule has 28 heavy (non-hydrogen) atoms. The monoisotopic (exact) mass is 383 g/mol. The summed E-state index contributed by atoms with van der Waals surface area (Å²) in [4.78, 5) is 23.8. The molecular weight excluding hydrogens is 358 g/mol. The number of aryl methyl sites for hydroxylation is 2. The topological polar surface area (TPSA) is 73.8 Å². The number of rotatable bonds is 3. The number of carbonyl (C=O) groups excluding carboxylic acids is 1. The van der Waals surface area contributed by atoms with Crippen LogP contribution in [0.25, 0.3) is 11.3 Å². The van der Waals surface area contributed by atoms with Crippen molar-refractivity contribution < 1.29 is 19.0 Å². The number of nitrogens with zero attached hydrogens (tertiary/aromatic N) is 3. The third-order valence-corrected chi connectivity index (χ3v) is 5.19. The largest absolute Gasteiger partial charge is 0.493 e. The highest BCUT2D eigenvalue weighted by atomic mass is 16.5. The maximum atomic E-state index is 12.9. The first-order valence-electron chi connectivity index (χ1n) is 9.61. The van der Waals surface area contributed by atoms with E-state index >= 15 is 0 Å². The van der Waals surface area contributed by atoms with E-state index in [1.165, 1.54) is 0 Å². The summed E-state index contributed by atoms with van der Waals surface area (Å²) in [6.45, 7) is 5.90. The average Bonchev–Trinajstić information content (AvgIpc) is 3.15. The average molecular weight is 383 g/mol. The number of carbonyl (C=O) groups is 1. The van der Waals surface area contributed by atoms with Crippen LogP contribution in [0.2, 0.25) is 0 Å². The molecule has 0 N–H and O–H groups in total. The molecule has 1 aromatic carbocycles. The molecule has 148 valence electrons. The second-order valence-electron chi connectivity index (χ2n) is 7.22. The minimum Gasteiger partial charge on any atom is -0.493 e. The Bertz CT molecular complexity index is 893. The Balaban J connectivity index is 1.72.